The zero-order chi connectivity index (χ0) is 14.0. The summed E-state index contributed by atoms with van der Waals surface area (Å²) in [5.41, 5.74) is 8.44. The van der Waals surface area contributed by atoms with Crippen LogP contribution in [0.3, 0.4) is 0 Å². The van der Waals surface area contributed by atoms with Crippen molar-refractivity contribution in [3.05, 3.63) is 45.3 Å². The van der Waals surface area contributed by atoms with Crippen molar-refractivity contribution in [3.8, 4) is 5.75 Å². The molecule has 1 aromatic carbocycles. The number of rotatable bonds is 4. The van der Waals surface area contributed by atoms with Gasteiger partial charge in [-0.2, -0.15) is 5.10 Å². The van der Waals surface area contributed by atoms with Gasteiger partial charge in [-0.15, -0.1) is 0 Å². The Kier molecular flexibility index (Phi) is 4.46. The van der Waals surface area contributed by atoms with Gasteiger partial charge in [0.25, 0.3) is 0 Å². The fourth-order valence-electron chi connectivity index (χ4n) is 2.10. The molecule has 5 heteroatoms. The first-order chi connectivity index (χ1) is 9.06. The molecule has 19 heavy (non-hydrogen) atoms. The number of aromatic nitrogens is 2. The van der Waals surface area contributed by atoms with Gasteiger partial charge in [0, 0.05) is 9.61 Å². The Morgan fingerprint density at radius 3 is 2.58 bits per heavy atom. The molecule has 0 aliphatic rings. The van der Waals surface area contributed by atoms with Crippen molar-refractivity contribution in [2.24, 2.45) is 5.73 Å². The van der Waals surface area contributed by atoms with Crippen LogP contribution in [-0.4, -0.2) is 16.9 Å². The lowest BCUT2D eigenvalue weighted by Gasteiger charge is -2.19. The molecule has 1 aromatic heterocycles. The number of halogens is 1. The number of hydrogen-bond donors (Lipinski definition) is 1. The molecule has 0 saturated carbocycles. The Hall–Kier alpha value is -1.08. The third-order valence-corrected chi connectivity index (χ3v) is 4.02. The zero-order valence-electron chi connectivity index (χ0n) is 11.3. The first-order valence-electron chi connectivity index (χ1n) is 6.17. The highest BCUT2D eigenvalue weighted by Gasteiger charge is 2.22. The van der Waals surface area contributed by atoms with Crippen molar-refractivity contribution in [2.75, 3.05) is 7.11 Å². The van der Waals surface area contributed by atoms with Crippen LogP contribution in [0.2, 0.25) is 0 Å². The van der Waals surface area contributed by atoms with E-state index < -0.39 is 0 Å². The molecule has 102 valence electrons. The van der Waals surface area contributed by atoms with Crippen LogP contribution < -0.4 is 10.5 Å². The smallest absolute Gasteiger partial charge is 0.161 e. The summed E-state index contributed by atoms with van der Waals surface area (Å²) in [6.45, 7) is 4.16. The Labute approximate surface area is 127 Å². The summed E-state index contributed by atoms with van der Waals surface area (Å²) in [4.78, 5) is 0. The molecule has 0 radical (unpaired) electrons. The summed E-state index contributed by atoms with van der Waals surface area (Å²) >= 11 is 2.30. The first-order valence-corrected chi connectivity index (χ1v) is 7.25. The average Bonchev–Trinajstić information content (AvgIpc) is 2.82. The second-order valence-corrected chi connectivity index (χ2v) is 5.80. The van der Waals surface area contributed by atoms with Crippen LogP contribution in [0.1, 0.15) is 37.2 Å². The highest BCUT2D eigenvalue weighted by Crippen LogP contribution is 2.31. The average molecular weight is 371 g/mol. The molecule has 2 N–H and O–H groups in total. The molecule has 1 heterocycles. The van der Waals surface area contributed by atoms with Crippen LogP contribution in [0.25, 0.3) is 0 Å². The van der Waals surface area contributed by atoms with Crippen LogP contribution in [-0.2, 0) is 0 Å². The monoisotopic (exact) mass is 371 g/mol. The van der Waals surface area contributed by atoms with E-state index in [9.17, 15) is 0 Å². The number of nitrogens with zero attached hydrogens (tertiary/aromatic N) is 2. The largest absolute Gasteiger partial charge is 0.493 e. The molecule has 1 unspecified atom stereocenters. The van der Waals surface area contributed by atoms with E-state index in [1.807, 2.05) is 22.9 Å². The summed E-state index contributed by atoms with van der Waals surface area (Å²) < 4.78 is 8.46. The van der Waals surface area contributed by atoms with Gasteiger partial charge in [0.15, 0.2) is 5.75 Å². The minimum atomic E-state index is -0.243. The van der Waals surface area contributed by atoms with Crippen LogP contribution >= 0.6 is 22.6 Å². The van der Waals surface area contributed by atoms with Crippen LogP contribution in [0.5, 0.6) is 5.75 Å². The van der Waals surface area contributed by atoms with Crippen molar-refractivity contribution < 1.29 is 4.74 Å². The van der Waals surface area contributed by atoms with Gasteiger partial charge in [-0.05, 0) is 48.1 Å². The maximum Gasteiger partial charge on any atom is 0.161 e. The third kappa shape index (κ3) is 2.76. The van der Waals surface area contributed by atoms with Gasteiger partial charge in [-0.1, -0.05) is 18.2 Å². The molecule has 0 amide bonds. The molecule has 0 spiro atoms. The predicted octanol–water partition coefficient (Wildman–Crippen LogP) is 3.13. The van der Waals surface area contributed by atoms with Crippen molar-refractivity contribution >= 4 is 22.6 Å². The third-order valence-electron chi connectivity index (χ3n) is 3.04. The SMILES string of the molecule is COc1cnn(C(C)C)c1C(N)c1ccccc1I. The van der Waals surface area contributed by atoms with Gasteiger partial charge in [0.1, 0.15) is 5.69 Å². The highest BCUT2D eigenvalue weighted by molar-refractivity contribution is 14.1. The maximum absolute atomic E-state index is 6.43. The molecule has 2 rings (SSSR count). The minimum Gasteiger partial charge on any atom is -0.493 e. The molecule has 2 aromatic rings. The number of methoxy groups -OCH3 is 1. The molecule has 0 saturated heterocycles. The number of ether oxygens (including phenoxy) is 1. The van der Waals surface area contributed by atoms with E-state index in [2.05, 4.69) is 47.6 Å². The lowest BCUT2D eigenvalue weighted by molar-refractivity contribution is 0.401. The van der Waals surface area contributed by atoms with Gasteiger partial charge < -0.3 is 10.5 Å². The summed E-state index contributed by atoms with van der Waals surface area (Å²) in [6, 6.07) is 8.11. The fraction of sp³-hybridized carbons (Fsp3) is 0.357. The Morgan fingerprint density at radius 1 is 1.32 bits per heavy atom. The quantitative estimate of drug-likeness (QED) is 0.841. The lowest BCUT2D eigenvalue weighted by atomic mass is 10.0. The summed E-state index contributed by atoms with van der Waals surface area (Å²) in [5.74, 6) is 0.737. The topological polar surface area (TPSA) is 53.1 Å². The van der Waals surface area contributed by atoms with E-state index in [4.69, 9.17) is 10.5 Å². The van der Waals surface area contributed by atoms with E-state index >= 15 is 0 Å². The lowest BCUT2D eigenvalue weighted by Crippen LogP contribution is -2.20. The summed E-state index contributed by atoms with van der Waals surface area (Å²) in [7, 11) is 1.65. The predicted molar refractivity (Wildman–Crippen MR) is 84.4 cm³/mol. The number of nitrogens with two attached hydrogens (primary N) is 1. The van der Waals surface area contributed by atoms with Crippen LogP contribution in [0.15, 0.2) is 30.5 Å². The van der Waals surface area contributed by atoms with Crippen LogP contribution in [0, 0.1) is 3.57 Å². The van der Waals surface area contributed by atoms with Gasteiger partial charge in [-0.3, -0.25) is 4.68 Å². The van der Waals surface area contributed by atoms with Gasteiger partial charge in [0.05, 0.1) is 19.3 Å². The molecule has 0 aliphatic heterocycles. The number of benzene rings is 1. The van der Waals surface area contributed by atoms with Crippen molar-refractivity contribution in [1.29, 1.82) is 0 Å². The molecule has 0 aliphatic carbocycles. The van der Waals surface area contributed by atoms with E-state index in [1.165, 1.54) is 0 Å². The van der Waals surface area contributed by atoms with Crippen molar-refractivity contribution in [2.45, 2.75) is 25.9 Å². The van der Waals surface area contributed by atoms with Crippen LogP contribution in [0.4, 0.5) is 0 Å². The van der Waals surface area contributed by atoms with E-state index in [1.54, 1.807) is 13.3 Å². The minimum absolute atomic E-state index is 0.242. The Balaban J connectivity index is 2.52. The van der Waals surface area contributed by atoms with Gasteiger partial charge >= 0.3 is 0 Å². The second kappa shape index (κ2) is 5.92. The van der Waals surface area contributed by atoms with Crippen molar-refractivity contribution in [1.82, 2.24) is 9.78 Å². The second-order valence-electron chi connectivity index (χ2n) is 4.64. The van der Waals surface area contributed by atoms with Gasteiger partial charge in [-0.25, -0.2) is 0 Å². The molecule has 4 nitrogen and oxygen atoms in total. The standard InChI is InChI=1S/C14H18IN3O/c1-9(2)18-14(12(19-3)8-17-18)13(16)10-6-4-5-7-11(10)15/h4-9,13H,16H2,1-3H3. The highest BCUT2D eigenvalue weighted by atomic mass is 127. The molecular weight excluding hydrogens is 353 g/mol. The Bertz CT molecular complexity index is 566. The van der Waals surface area contributed by atoms with E-state index in [0.29, 0.717) is 0 Å². The van der Waals surface area contributed by atoms with E-state index in [-0.39, 0.29) is 12.1 Å². The van der Waals surface area contributed by atoms with Gasteiger partial charge in [0.2, 0.25) is 0 Å². The zero-order valence-corrected chi connectivity index (χ0v) is 13.5. The molecular formula is C14H18IN3O. The maximum atomic E-state index is 6.43. The van der Waals surface area contributed by atoms with Crippen molar-refractivity contribution in [3.63, 3.8) is 0 Å². The number of hydrogen-bond acceptors (Lipinski definition) is 3. The first kappa shape index (κ1) is 14.3. The molecule has 0 bridgehead atoms. The van der Waals surface area contributed by atoms with E-state index in [0.717, 1.165) is 20.6 Å². The summed E-state index contributed by atoms with van der Waals surface area (Å²) in [6.07, 6.45) is 1.73. The molecule has 1 atom stereocenters. The normalized spacial score (nSPS) is 12.7. The Morgan fingerprint density at radius 2 is 2.00 bits per heavy atom. The fourth-order valence-corrected chi connectivity index (χ4v) is 2.82. The summed E-state index contributed by atoms with van der Waals surface area (Å²) in [5, 5.41) is 4.37. The molecule has 0 fully saturated rings.